The lowest BCUT2D eigenvalue weighted by Crippen LogP contribution is -2.50. The molecule has 1 atom stereocenters. The number of hydrogen-bond acceptors (Lipinski definition) is 4. The van der Waals surface area contributed by atoms with Crippen molar-refractivity contribution < 1.29 is 14.0 Å². The van der Waals surface area contributed by atoms with Crippen molar-refractivity contribution in [3.8, 4) is 0 Å². The zero-order chi connectivity index (χ0) is 18.1. The number of hydrazine groups is 1. The van der Waals surface area contributed by atoms with Crippen LogP contribution in [0.1, 0.15) is 24.8 Å². The van der Waals surface area contributed by atoms with E-state index >= 15 is 0 Å². The second-order valence-electron chi connectivity index (χ2n) is 7.67. The Balaban J connectivity index is 1.46. The van der Waals surface area contributed by atoms with Crippen LogP contribution in [0.3, 0.4) is 0 Å². The molecule has 0 aliphatic carbocycles. The van der Waals surface area contributed by atoms with Gasteiger partial charge in [0, 0.05) is 44.8 Å². The van der Waals surface area contributed by atoms with E-state index in [1.165, 1.54) is 6.07 Å². The van der Waals surface area contributed by atoms with Gasteiger partial charge in [-0.2, -0.15) is 0 Å². The highest BCUT2D eigenvalue weighted by molar-refractivity contribution is 5.86. The van der Waals surface area contributed by atoms with Crippen LogP contribution in [-0.2, 0) is 16.1 Å². The summed E-state index contributed by atoms with van der Waals surface area (Å²) in [5, 5.41) is 0. The Morgan fingerprint density at radius 2 is 1.96 bits per heavy atom. The van der Waals surface area contributed by atoms with Crippen molar-refractivity contribution >= 4 is 11.8 Å². The molecule has 3 fully saturated rings. The maximum Gasteiger partial charge on any atom is 0.230 e. The maximum atomic E-state index is 14.0. The molecule has 1 aromatic carbocycles. The van der Waals surface area contributed by atoms with Gasteiger partial charge in [0.1, 0.15) is 5.82 Å². The highest BCUT2D eigenvalue weighted by Gasteiger charge is 2.50. The fraction of sp³-hybridized carbons (Fsp3) is 0.579. The van der Waals surface area contributed by atoms with Crippen molar-refractivity contribution in [1.82, 2.24) is 20.7 Å². The molecule has 0 radical (unpaired) electrons. The predicted molar refractivity (Wildman–Crippen MR) is 94.2 cm³/mol. The second kappa shape index (κ2) is 6.96. The van der Waals surface area contributed by atoms with Gasteiger partial charge in [-0.1, -0.05) is 18.2 Å². The number of carbonyl (C=O) groups excluding carboxylic acids is 2. The standard InChI is InChI=1S/C19H25FN4O2/c20-16-5-2-1-4-14(16)12-23-8-3-6-19(18(23)26)7-9-24(13-19)17(25)15-10-21-22-11-15/h1-2,4-5,15,21-22H,3,6-13H2. The highest BCUT2D eigenvalue weighted by Crippen LogP contribution is 2.41. The van der Waals surface area contributed by atoms with E-state index in [4.69, 9.17) is 0 Å². The third-order valence-corrected chi connectivity index (χ3v) is 5.98. The van der Waals surface area contributed by atoms with Gasteiger partial charge in [0.25, 0.3) is 0 Å². The van der Waals surface area contributed by atoms with Gasteiger partial charge in [0.2, 0.25) is 11.8 Å². The van der Waals surface area contributed by atoms with Crippen LogP contribution in [0.15, 0.2) is 24.3 Å². The van der Waals surface area contributed by atoms with Crippen molar-refractivity contribution in [1.29, 1.82) is 0 Å². The Morgan fingerprint density at radius 3 is 2.73 bits per heavy atom. The SMILES string of the molecule is O=C(C1CNNC1)N1CCC2(CCCN(Cc3ccccc3F)C2=O)C1. The van der Waals surface area contributed by atoms with E-state index in [1.54, 1.807) is 23.1 Å². The average molecular weight is 360 g/mol. The molecular weight excluding hydrogens is 335 g/mol. The molecule has 0 aromatic heterocycles. The van der Waals surface area contributed by atoms with Crippen LogP contribution in [0.4, 0.5) is 4.39 Å². The number of amides is 2. The lowest BCUT2D eigenvalue weighted by Gasteiger charge is -2.39. The predicted octanol–water partition coefficient (Wildman–Crippen LogP) is 0.891. The molecule has 1 unspecified atom stereocenters. The van der Waals surface area contributed by atoms with Gasteiger partial charge >= 0.3 is 0 Å². The molecule has 3 saturated heterocycles. The summed E-state index contributed by atoms with van der Waals surface area (Å²) in [7, 11) is 0. The molecule has 2 N–H and O–H groups in total. The lowest BCUT2D eigenvalue weighted by molar-refractivity contribution is -0.147. The van der Waals surface area contributed by atoms with Crippen LogP contribution < -0.4 is 10.9 Å². The van der Waals surface area contributed by atoms with Crippen molar-refractivity contribution in [2.75, 3.05) is 32.7 Å². The average Bonchev–Trinajstić information content (AvgIpc) is 3.31. The molecule has 0 saturated carbocycles. The normalized spacial score (nSPS) is 26.9. The van der Waals surface area contributed by atoms with E-state index in [9.17, 15) is 14.0 Å². The number of rotatable bonds is 3. The first-order valence-electron chi connectivity index (χ1n) is 9.36. The fourth-order valence-electron chi connectivity index (χ4n) is 4.47. The molecule has 4 rings (SSSR count). The summed E-state index contributed by atoms with van der Waals surface area (Å²) < 4.78 is 14.0. The molecule has 3 aliphatic heterocycles. The summed E-state index contributed by atoms with van der Waals surface area (Å²) >= 11 is 0. The molecule has 1 spiro atoms. The topological polar surface area (TPSA) is 64.7 Å². The molecule has 140 valence electrons. The van der Waals surface area contributed by atoms with Crippen molar-refractivity contribution in [3.63, 3.8) is 0 Å². The van der Waals surface area contributed by atoms with E-state index in [-0.39, 0.29) is 23.5 Å². The largest absolute Gasteiger partial charge is 0.341 e. The minimum absolute atomic E-state index is 0.0571. The summed E-state index contributed by atoms with van der Waals surface area (Å²) in [6.07, 6.45) is 2.41. The van der Waals surface area contributed by atoms with Gasteiger partial charge in [-0.3, -0.25) is 20.4 Å². The van der Waals surface area contributed by atoms with Gasteiger partial charge < -0.3 is 9.80 Å². The summed E-state index contributed by atoms with van der Waals surface area (Å²) in [6.45, 7) is 3.35. The van der Waals surface area contributed by atoms with Crippen LogP contribution in [0.25, 0.3) is 0 Å². The van der Waals surface area contributed by atoms with Gasteiger partial charge in [-0.25, -0.2) is 4.39 Å². The quantitative estimate of drug-likeness (QED) is 0.840. The minimum Gasteiger partial charge on any atom is -0.341 e. The van der Waals surface area contributed by atoms with E-state index < -0.39 is 5.41 Å². The first-order valence-corrected chi connectivity index (χ1v) is 9.36. The molecule has 26 heavy (non-hydrogen) atoms. The second-order valence-corrected chi connectivity index (χ2v) is 7.67. The summed E-state index contributed by atoms with van der Waals surface area (Å²) in [5.74, 6) is -0.133. The molecule has 3 aliphatic rings. The third kappa shape index (κ3) is 3.10. The van der Waals surface area contributed by atoms with Crippen LogP contribution >= 0.6 is 0 Å². The number of nitrogens with one attached hydrogen (secondary N) is 2. The molecule has 1 aromatic rings. The molecule has 6 nitrogen and oxygen atoms in total. The number of benzene rings is 1. The summed E-state index contributed by atoms with van der Waals surface area (Å²) in [5.41, 5.74) is 6.04. The zero-order valence-corrected chi connectivity index (χ0v) is 14.8. The number of piperidine rings is 1. The number of likely N-dealkylation sites (tertiary alicyclic amines) is 2. The molecule has 7 heteroatoms. The van der Waals surface area contributed by atoms with Crippen molar-refractivity contribution in [2.45, 2.75) is 25.8 Å². The molecular formula is C19H25FN4O2. The zero-order valence-electron chi connectivity index (χ0n) is 14.8. The van der Waals surface area contributed by atoms with Crippen molar-refractivity contribution in [2.24, 2.45) is 11.3 Å². The van der Waals surface area contributed by atoms with E-state index in [1.807, 2.05) is 4.90 Å². The van der Waals surface area contributed by atoms with E-state index in [2.05, 4.69) is 10.9 Å². The van der Waals surface area contributed by atoms with Gasteiger partial charge in [0.15, 0.2) is 0 Å². The van der Waals surface area contributed by atoms with E-state index in [0.29, 0.717) is 51.3 Å². The summed E-state index contributed by atoms with van der Waals surface area (Å²) in [4.78, 5) is 29.5. The van der Waals surface area contributed by atoms with Crippen LogP contribution in [0.2, 0.25) is 0 Å². The first kappa shape index (κ1) is 17.4. The first-order chi connectivity index (χ1) is 12.6. The third-order valence-electron chi connectivity index (χ3n) is 5.98. The molecule has 3 heterocycles. The number of halogens is 1. The molecule has 2 amide bonds. The monoisotopic (exact) mass is 360 g/mol. The van der Waals surface area contributed by atoms with E-state index in [0.717, 1.165) is 12.8 Å². The number of nitrogens with zero attached hydrogens (tertiary/aromatic N) is 2. The Kier molecular flexibility index (Phi) is 4.67. The lowest BCUT2D eigenvalue weighted by atomic mass is 9.78. The number of carbonyl (C=O) groups is 2. The summed E-state index contributed by atoms with van der Waals surface area (Å²) in [6, 6.07) is 6.61. The Bertz CT molecular complexity index is 707. The van der Waals surface area contributed by atoms with Crippen LogP contribution in [0.5, 0.6) is 0 Å². The Morgan fingerprint density at radius 1 is 1.19 bits per heavy atom. The number of hydrogen-bond donors (Lipinski definition) is 2. The van der Waals surface area contributed by atoms with Gasteiger partial charge in [-0.15, -0.1) is 0 Å². The molecule has 0 bridgehead atoms. The van der Waals surface area contributed by atoms with Gasteiger partial charge in [0.05, 0.1) is 11.3 Å². The van der Waals surface area contributed by atoms with Crippen LogP contribution in [-0.4, -0.2) is 54.3 Å². The van der Waals surface area contributed by atoms with Crippen molar-refractivity contribution in [3.05, 3.63) is 35.6 Å². The Hall–Kier alpha value is -1.99. The highest BCUT2D eigenvalue weighted by atomic mass is 19.1. The smallest absolute Gasteiger partial charge is 0.230 e. The Labute approximate surface area is 152 Å². The van der Waals surface area contributed by atoms with Crippen LogP contribution in [0, 0.1) is 17.2 Å². The maximum absolute atomic E-state index is 14.0. The minimum atomic E-state index is -0.487. The van der Waals surface area contributed by atoms with Gasteiger partial charge in [-0.05, 0) is 25.3 Å². The fourth-order valence-corrected chi connectivity index (χ4v) is 4.47.